The van der Waals surface area contributed by atoms with E-state index in [0.29, 0.717) is 11.3 Å². The molecule has 2 N–H and O–H groups in total. The highest BCUT2D eigenvalue weighted by Gasteiger charge is 2.14. The third-order valence-electron chi connectivity index (χ3n) is 3.14. The number of nitrogens with one attached hydrogen (secondary N) is 1. The maximum absolute atomic E-state index is 13.3. The number of carbonyl (C=O) groups is 1. The topological polar surface area (TPSA) is 70.4 Å². The van der Waals surface area contributed by atoms with Crippen LogP contribution in [0.5, 0.6) is 0 Å². The highest BCUT2D eigenvalue weighted by Crippen LogP contribution is 2.25. The lowest BCUT2D eigenvalue weighted by Crippen LogP contribution is -2.00. The number of H-pyrrole nitrogens is 1. The molecule has 6 heteroatoms. The van der Waals surface area contributed by atoms with Crippen molar-refractivity contribution in [1.29, 1.82) is 0 Å². The van der Waals surface area contributed by atoms with Crippen molar-refractivity contribution in [3.8, 4) is 11.3 Å². The molecule has 2 heterocycles. The highest BCUT2D eigenvalue weighted by molar-refractivity contribution is 5.72. The summed E-state index contributed by atoms with van der Waals surface area (Å²) >= 11 is 0. The minimum absolute atomic E-state index is 0.121. The second-order valence-electron chi connectivity index (χ2n) is 4.62. The first-order chi connectivity index (χ1) is 9.54. The lowest BCUT2D eigenvalue weighted by molar-refractivity contribution is -0.136. The summed E-state index contributed by atoms with van der Waals surface area (Å²) in [6, 6.07) is 6.28. The Labute approximate surface area is 113 Å². The molecule has 5 nitrogen and oxygen atoms in total. The van der Waals surface area contributed by atoms with Gasteiger partial charge in [-0.2, -0.15) is 0 Å². The third-order valence-corrected chi connectivity index (χ3v) is 3.14. The van der Waals surface area contributed by atoms with Gasteiger partial charge in [0.1, 0.15) is 5.82 Å². The zero-order valence-corrected chi connectivity index (χ0v) is 10.7. The minimum atomic E-state index is -0.922. The van der Waals surface area contributed by atoms with E-state index < -0.39 is 5.97 Å². The molecule has 0 saturated carbocycles. The number of rotatable bonds is 3. The Morgan fingerprint density at radius 1 is 1.50 bits per heavy atom. The summed E-state index contributed by atoms with van der Waals surface area (Å²) in [5.41, 5.74) is 3.49. The lowest BCUT2D eigenvalue weighted by atomic mass is 10.1. The van der Waals surface area contributed by atoms with Crippen molar-refractivity contribution in [1.82, 2.24) is 14.6 Å². The summed E-state index contributed by atoms with van der Waals surface area (Å²) in [6.45, 7) is 1.86. The molecule has 102 valence electrons. The molecular formula is C14H12FN3O2. The number of aromatic amines is 1. The summed E-state index contributed by atoms with van der Waals surface area (Å²) < 4.78 is 14.9. The standard InChI is InChI=1S/C14H12FN3O2/c1-8-13(9-3-2-4-10(15)5-9)17-18-7-11(6-12(19)20)16-14(8)18/h2-5,7,17H,6H2,1H3,(H,19,20). The van der Waals surface area contributed by atoms with Crippen LogP contribution >= 0.6 is 0 Å². The van der Waals surface area contributed by atoms with Gasteiger partial charge >= 0.3 is 5.97 Å². The monoisotopic (exact) mass is 273 g/mol. The molecule has 20 heavy (non-hydrogen) atoms. The average Bonchev–Trinajstić information content (AvgIpc) is 2.88. The normalized spacial score (nSPS) is 11.1. The van der Waals surface area contributed by atoms with E-state index in [9.17, 15) is 9.18 Å². The number of aromatic nitrogens is 3. The van der Waals surface area contributed by atoms with Crippen molar-refractivity contribution >= 4 is 11.6 Å². The maximum Gasteiger partial charge on any atom is 0.309 e. The quantitative estimate of drug-likeness (QED) is 0.769. The molecule has 0 fully saturated rings. The molecule has 0 aliphatic rings. The predicted molar refractivity (Wildman–Crippen MR) is 71.0 cm³/mol. The summed E-state index contributed by atoms with van der Waals surface area (Å²) in [5, 5.41) is 11.9. The van der Waals surface area contributed by atoms with Crippen molar-refractivity contribution in [2.45, 2.75) is 13.3 Å². The van der Waals surface area contributed by atoms with Crippen LogP contribution in [0.3, 0.4) is 0 Å². The number of hydrogen-bond acceptors (Lipinski definition) is 2. The molecule has 0 aliphatic heterocycles. The van der Waals surface area contributed by atoms with E-state index in [1.807, 2.05) is 6.92 Å². The van der Waals surface area contributed by atoms with Gasteiger partial charge in [0, 0.05) is 11.1 Å². The van der Waals surface area contributed by atoms with Crippen molar-refractivity contribution in [2.24, 2.45) is 0 Å². The molecule has 0 aliphatic carbocycles. The van der Waals surface area contributed by atoms with E-state index in [1.54, 1.807) is 22.8 Å². The van der Waals surface area contributed by atoms with Crippen LogP contribution in [0.2, 0.25) is 0 Å². The Bertz CT molecular complexity index is 804. The van der Waals surface area contributed by atoms with Crippen LogP contribution in [-0.2, 0) is 11.2 Å². The molecule has 0 saturated heterocycles. The fraction of sp³-hybridized carbons (Fsp3) is 0.143. The second-order valence-corrected chi connectivity index (χ2v) is 4.62. The maximum atomic E-state index is 13.3. The van der Waals surface area contributed by atoms with Crippen LogP contribution in [0, 0.1) is 12.7 Å². The van der Waals surface area contributed by atoms with Crippen molar-refractivity contribution in [3.05, 3.63) is 47.5 Å². The highest BCUT2D eigenvalue weighted by atomic mass is 19.1. The number of aryl methyl sites for hydroxylation is 1. The molecule has 3 aromatic rings. The van der Waals surface area contributed by atoms with Crippen molar-refractivity contribution < 1.29 is 14.3 Å². The Balaban J connectivity index is 2.08. The molecule has 2 aromatic heterocycles. The van der Waals surface area contributed by atoms with Gasteiger partial charge in [-0.1, -0.05) is 12.1 Å². The Morgan fingerprint density at radius 2 is 2.30 bits per heavy atom. The number of aliphatic carboxylic acids is 1. The molecule has 0 atom stereocenters. The zero-order chi connectivity index (χ0) is 14.3. The number of hydrogen-bond donors (Lipinski definition) is 2. The van der Waals surface area contributed by atoms with Gasteiger partial charge in [-0.3, -0.25) is 9.89 Å². The molecule has 0 spiro atoms. The summed E-state index contributed by atoms with van der Waals surface area (Å²) in [5.74, 6) is -1.23. The molecule has 0 bridgehead atoms. The zero-order valence-electron chi connectivity index (χ0n) is 10.7. The number of carboxylic acid groups (broad SMARTS) is 1. The largest absolute Gasteiger partial charge is 0.481 e. The fourth-order valence-corrected chi connectivity index (χ4v) is 2.26. The van der Waals surface area contributed by atoms with Crippen molar-refractivity contribution in [2.75, 3.05) is 0 Å². The first kappa shape index (κ1) is 12.4. The van der Waals surface area contributed by atoms with Crippen molar-refractivity contribution in [3.63, 3.8) is 0 Å². The molecule has 1 aromatic carbocycles. The Morgan fingerprint density at radius 3 is 2.95 bits per heavy atom. The van der Waals surface area contributed by atoms with E-state index in [-0.39, 0.29) is 12.2 Å². The van der Waals surface area contributed by atoms with Crippen LogP contribution in [0.15, 0.2) is 30.5 Å². The van der Waals surface area contributed by atoms with Crippen LogP contribution in [0.25, 0.3) is 16.9 Å². The first-order valence-corrected chi connectivity index (χ1v) is 6.09. The summed E-state index contributed by atoms with van der Waals surface area (Å²) in [4.78, 5) is 15.0. The fourth-order valence-electron chi connectivity index (χ4n) is 2.26. The van der Waals surface area contributed by atoms with Gasteiger partial charge in [0.25, 0.3) is 0 Å². The van der Waals surface area contributed by atoms with Gasteiger partial charge in [0.15, 0.2) is 5.65 Å². The minimum Gasteiger partial charge on any atom is -0.481 e. The molecule has 3 rings (SSSR count). The lowest BCUT2D eigenvalue weighted by Gasteiger charge is -1.99. The van der Waals surface area contributed by atoms with Gasteiger partial charge in [0.2, 0.25) is 0 Å². The number of nitrogens with zero attached hydrogens (tertiary/aromatic N) is 2. The number of carboxylic acids is 1. The number of benzene rings is 1. The van der Waals surface area contributed by atoms with E-state index >= 15 is 0 Å². The average molecular weight is 273 g/mol. The van der Waals surface area contributed by atoms with E-state index in [4.69, 9.17) is 5.11 Å². The Hall–Kier alpha value is -2.63. The van der Waals surface area contributed by atoms with Gasteiger partial charge < -0.3 is 5.11 Å². The molecular weight excluding hydrogens is 261 g/mol. The number of halogens is 1. The van der Waals surface area contributed by atoms with Gasteiger partial charge in [-0.15, -0.1) is 0 Å². The van der Waals surface area contributed by atoms with Gasteiger partial charge in [0.05, 0.1) is 24.0 Å². The summed E-state index contributed by atoms with van der Waals surface area (Å²) in [7, 11) is 0. The van der Waals surface area contributed by atoms with Gasteiger partial charge in [-0.25, -0.2) is 13.9 Å². The Kier molecular flexibility index (Phi) is 2.78. The second kappa shape index (κ2) is 4.48. The molecule has 0 radical (unpaired) electrons. The van der Waals surface area contributed by atoms with Crippen LogP contribution in [0.1, 0.15) is 11.3 Å². The van der Waals surface area contributed by atoms with E-state index in [2.05, 4.69) is 10.1 Å². The first-order valence-electron chi connectivity index (χ1n) is 6.09. The number of imidazole rings is 1. The van der Waals surface area contributed by atoms with E-state index in [0.717, 1.165) is 16.8 Å². The predicted octanol–water partition coefficient (Wildman–Crippen LogP) is 2.40. The molecule has 0 unspecified atom stereocenters. The summed E-state index contributed by atoms with van der Waals surface area (Å²) in [6.07, 6.45) is 1.52. The third kappa shape index (κ3) is 2.05. The van der Waals surface area contributed by atoms with Gasteiger partial charge in [-0.05, 0) is 19.1 Å². The smallest absolute Gasteiger partial charge is 0.309 e. The molecule has 0 amide bonds. The van der Waals surface area contributed by atoms with Crippen LogP contribution < -0.4 is 0 Å². The van der Waals surface area contributed by atoms with E-state index in [1.165, 1.54) is 12.1 Å². The van der Waals surface area contributed by atoms with Crippen LogP contribution in [-0.4, -0.2) is 25.7 Å². The SMILES string of the molecule is Cc1c(-c2cccc(F)c2)[nH]n2cc(CC(=O)O)nc12. The van der Waals surface area contributed by atoms with Crippen LogP contribution in [0.4, 0.5) is 4.39 Å². The number of fused-ring (bicyclic) bond motifs is 1.